The molecule has 3 aromatic rings. The zero-order chi connectivity index (χ0) is 22.7. The maximum Gasteiger partial charge on any atom is 0.240 e. The number of ketones is 1. The number of nitrogens with zero attached hydrogens (tertiary/aromatic N) is 3. The molecular weight excluding hydrogens is 421 g/mol. The minimum absolute atomic E-state index is 0.258. The average Bonchev–Trinajstić information content (AvgIpc) is 3.32. The summed E-state index contributed by atoms with van der Waals surface area (Å²) < 4.78 is 13.5. The molecule has 0 radical (unpaired) electrons. The number of halogens is 1. The molecule has 0 saturated carbocycles. The molecule has 6 rings (SSSR count). The van der Waals surface area contributed by atoms with Crippen molar-refractivity contribution in [3.8, 4) is 0 Å². The highest BCUT2D eigenvalue weighted by molar-refractivity contribution is 6.24. The van der Waals surface area contributed by atoms with Crippen LogP contribution in [0.1, 0.15) is 27.5 Å². The van der Waals surface area contributed by atoms with E-state index in [0.717, 1.165) is 16.0 Å². The molecule has 2 fully saturated rings. The van der Waals surface area contributed by atoms with Crippen molar-refractivity contribution >= 4 is 29.5 Å². The summed E-state index contributed by atoms with van der Waals surface area (Å²) in [6.07, 6.45) is 1.67. The Kier molecular flexibility index (Phi) is 4.26. The van der Waals surface area contributed by atoms with Crippen molar-refractivity contribution in [1.82, 2.24) is 5.01 Å². The molecule has 0 aromatic heterocycles. The number of hydrogen-bond donors (Lipinski definition) is 0. The van der Waals surface area contributed by atoms with Crippen LogP contribution in [-0.4, -0.2) is 34.9 Å². The van der Waals surface area contributed by atoms with Crippen LogP contribution in [0.2, 0.25) is 0 Å². The maximum absolute atomic E-state index is 13.7. The Bertz CT molecular complexity index is 1320. The largest absolute Gasteiger partial charge is 0.292 e. The Balaban J connectivity index is 1.50. The standard InChI is InChI=1S/C26H18FN3O3/c27-17-10-12-18(13-11-17)29-25(32)20-21(26(29)33)23(24(31)15-6-2-1-3-7-15)30-22(20)19-9-5-4-8-16(19)14-28-30/h1-14,20-23H. The van der Waals surface area contributed by atoms with Gasteiger partial charge in [0.15, 0.2) is 5.78 Å². The average molecular weight is 439 g/mol. The summed E-state index contributed by atoms with van der Waals surface area (Å²) in [5.74, 6) is -3.26. The SMILES string of the molecule is O=C(c1ccccc1)C1C2C(=O)N(c3ccc(F)cc3)C(=O)C2C2c3ccccc3C=NN12. The lowest BCUT2D eigenvalue weighted by Crippen LogP contribution is -2.44. The second kappa shape index (κ2) is 7.20. The van der Waals surface area contributed by atoms with Crippen LogP contribution in [0.3, 0.4) is 0 Å². The number of fused-ring (bicyclic) bond motifs is 5. The molecule has 3 aromatic carbocycles. The first kappa shape index (κ1) is 19.5. The quantitative estimate of drug-likeness (QED) is 0.462. The smallest absolute Gasteiger partial charge is 0.240 e. The van der Waals surface area contributed by atoms with E-state index in [1.807, 2.05) is 30.3 Å². The van der Waals surface area contributed by atoms with Gasteiger partial charge < -0.3 is 0 Å². The number of anilines is 1. The van der Waals surface area contributed by atoms with Crippen molar-refractivity contribution in [2.75, 3.05) is 4.90 Å². The van der Waals surface area contributed by atoms with Crippen LogP contribution in [-0.2, 0) is 9.59 Å². The first-order valence-electron chi connectivity index (χ1n) is 10.7. The molecule has 3 heterocycles. The number of rotatable bonds is 3. The van der Waals surface area contributed by atoms with Crippen LogP contribution in [0.4, 0.5) is 10.1 Å². The van der Waals surface area contributed by atoms with Gasteiger partial charge in [0.25, 0.3) is 0 Å². The molecule has 2 amide bonds. The third-order valence-corrected chi connectivity index (χ3v) is 6.70. The first-order valence-corrected chi connectivity index (χ1v) is 10.7. The zero-order valence-corrected chi connectivity index (χ0v) is 17.3. The molecule has 7 heteroatoms. The predicted octanol–water partition coefficient (Wildman–Crippen LogP) is 3.59. The molecule has 0 aliphatic carbocycles. The number of amides is 2. The second-order valence-corrected chi connectivity index (χ2v) is 8.41. The minimum Gasteiger partial charge on any atom is -0.292 e. The summed E-state index contributed by atoms with van der Waals surface area (Å²) in [5, 5.41) is 6.17. The topological polar surface area (TPSA) is 70.0 Å². The normalized spacial score (nSPS) is 25.1. The predicted molar refractivity (Wildman–Crippen MR) is 119 cm³/mol. The molecule has 33 heavy (non-hydrogen) atoms. The van der Waals surface area contributed by atoms with E-state index < -0.39 is 41.6 Å². The summed E-state index contributed by atoms with van der Waals surface area (Å²) in [7, 11) is 0. The molecule has 162 valence electrons. The Morgan fingerprint density at radius 1 is 0.818 bits per heavy atom. The summed E-state index contributed by atoms with van der Waals surface area (Å²) in [4.78, 5) is 42.1. The van der Waals surface area contributed by atoms with Crippen molar-refractivity contribution in [3.05, 3.63) is 101 Å². The summed E-state index contributed by atoms with van der Waals surface area (Å²) in [5.41, 5.74) is 2.46. The van der Waals surface area contributed by atoms with Gasteiger partial charge in [-0.05, 0) is 35.4 Å². The van der Waals surface area contributed by atoms with Crippen LogP contribution in [0.25, 0.3) is 0 Å². The van der Waals surface area contributed by atoms with Crippen LogP contribution in [0, 0.1) is 17.7 Å². The number of carbonyl (C=O) groups is 3. The molecule has 0 N–H and O–H groups in total. The zero-order valence-electron chi connectivity index (χ0n) is 17.3. The molecule has 4 unspecified atom stereocenters. The lowest BCUT2D eigenvalue weighted by molar-refractivity contribution is -0.124. The van der Waals surface area contributed by atoms with Gasteiger partial charge >= 0.3 is 0 Å². The fraction of sp³-hybridized carbons (Fsp3) is 0.154. The van der Waals surface area contributed by atoms with Crippen molar-refractivity contribution in [2.24, 2.45) is 16.9 Å². The van der Waals surface area contributed by atoms with E-state index in [4.69, 9.17) is 0 Å². The summed E-state index contributed by atoms with van der Waals surface area (Å²) in [6, 6.07) is 20.1. The lowest BCUT2D eigenvalue weighted by Gasteiger charge is -2.33. The number of imide groups is 1. The Labute approximate surface area is 188 Å². The van der Waals surface area contributed by atoms with E-state index in [-0.39, 0.29) is 5.78 Å². The fourth-order valence-corrected chi connectivity index (χ4v) is 5.29. The van der Waals surface area contributed by atoms with E-state index in [9.17, 15) is 18.8 Å². The van der Waals surface area contributed by atoms with Gasteiger partial charge in [-0.2, -0.15) is 5.10 Å². The summed E-state index contributed by atoms with van der Waals surface area (Å²) >= 11 is 0. The van der Waals surface area contributed by atoms with E-state index >= 15 is 0 Å². The van der Waals surface area contributed by atoms with Gasteiger partial charge in [0.1, 0.15) is 11.9 Å². The molecule has 0 spiro atoms. The highest BCUT2D eigenvalue weighted by Crippen LogP contribution is 2.53. The number of hydrogen-bond acceptors (Lipinski definition) is 5. The van der Waals surface area contributed by atoms with Crippen LogP contribution >= 0.6 is 0 Å². The van der Waals surface area contributed by atoms with Crippen LogP contribution in [0.5, 0.6) is 0 Å². The highest BCUT2D eigenvalue weighted by atomic mass is 19.1. The Morgan fingerprint density at radius 2 is 1.48 bits per heavy atom. The molecule has 0 bridgehead atoms. The molecule has 2 saturated heterocycles. The lowest BCUT2D eigenvalue weighted by atomic mass is 9.83. The van der Waals surface area contributed by atoms with Gasteiger partial charge in [-0.3, -0.25) is 19.4 Å². The molecule has 4 atom stereocenters. The van der Waals surface area contributed by atoms with E-state index in [1.165, 1.54) is 24.3 Å². The van der Waals surface area contributed by atoms with E-state index in [1.54, 1.807) is 35.5 Å². The van der Waals surface area contributed by atoms with Gasteiger partial charge in [0.05, 0.1) is 29.8 Å². The fourth-order valence-electron chi connectivity index (χ4n) is 5.29. The van der Waals surface area contributed by atoms with Gasteiger partial charge in [0, 0.05) is 5.56 Å². The second-order valence-electron chi connectivity index (χ2n) is 8.41. The van der Waals surface area contributed by atoms with Gasteiger partial charge in [0.2, 0.25) is 11.8 Å². The third-order valence-electron chi connectivity index (χ3n) is 6.70. The number of benzene rings is 3. The van der Waals surface area contributed by atoms with Crippen molar-refractivity contribution in [1.29, 1.82) is 0 Å². The number of hydrazone groups is 1. The maximum atomic E-state index is 13.7. The van der Waals surface area contributed by atoms with Crippen molar-refractivity contribution < 1.29 is 18.8 Å². The molecule has 3 aliphatic heterocycles. The molecule has 3 aliphatic rings. The van der Waals surface area contributed by atoms with Crippen LogP contribution in [0.15, 0.2) is 84.0 Å². The van der Waals surface area contributed by atoms with Crippen molar-refractivity contribution in [3.63, 3.8) is 0 Å². The van der Waals surface area contributed by atoms with Crippen molar-refractivity contribution in [2.45, 2.75) is 12.1 Å². The molecule has 6 nitrogen and oxygen atoms in total. The highest BCUT2D eigenvalue weighted by Gasteiger charge is 2.65. The Morgan fingerprint density at radius 3 is 2.24 bits per heavy atom. The minimum atomic E-state index is -0.922. The van der Waals surface area contributed by atoms with Gasteiger partial charge in [-0.15, -0.1) is 0 Å². The third kappa shape index (κ3) is 2.78. The summed E-state index contributed by atoms with van der Waals surface area (Å²) in [6.45, 7) is 0. The number of carbonyl (C=O) groups excluding carboxylic acids is 3. The monoisotopic (exact) mass is 439 g/mol. The molecular formula is C26H18FN3O3. The first-order chi connectivity index (χ1) is 16.1. The van der Waals surface area contributed by atoms with E-state index in [2.05, 4.69) is 5.10 Å². The number of Topliss-reactive ketones (excluding diaryl/α,β-unsaturated/α-hetero) is 1. The van der Waals surface area contributed by atoms with E-state index in [0.29, 0.717) is 11.3 Å². The van der Waals surface area contributed by atoms with Gasteiger partial charge in [-0.25, -0.2) is 9.29 Å². The van der Waals surface area contributed by atoms with Crippen LogP contribution < -0.4 is 4.90 Å². The Hall–Kier alpha value is -4.13. The van der Waals surface area contributed by atoms with Gasteiger partial charge in [-0.1, -0.05) is 54.6 Å².